The lowest BCUT2D eigenvalue weighted by atomic mass is 10.2. The van der Waals surface area contributed by atoms with Crippen LogP contribution in [-0.4, -0.2) is 18.6 Å². The molecule has 2 aromatic carbocycles. The molecule has 2 rings (SSSR count). The van der Waals surface area contributed by atoms with Crippen molar-refractivity contribution in [3.05, 3.63) is 47.5 Å². The van der Waals surface area contributed by atoms with Crippen LogP contribution in [0.3, 0.4) is 0 Å². The highest BCUT2D eigenvalue weighted by molar-refractivity contribution is 7.91. The zero-order chi connectivity index (χ0) is 14.2. The van der Waals surface area contributed by atoms with E-state index in [2.05, 4.69) is 0 Å². The predicted molar refractivity (Wildman–Crippen MR) is 71.1 cm³/mol. The maximum atomic E-state index is 12.5. The summed E-state index contributed by atoms with van der Waals surface area (Å²) in [6.45, 7) is 3.17. The summed E-state index contributed by atoms with van der Waals surface area (Å²) in [6.07, 6.45) is 0. The molecule has 0 fully saturated rings. The molecule has 0 atom stereocenters. The molecule has 0 bridgehead atoms. The zero-order valence-electron chi connectivity index (χ0n) is 10.6. The SMILES string of the molecule is Cc1cc(O)ccc1S(=O)(=O)c1cccc(O)c1C. The standard InChI is InChI=1S/C14H14O4S/c1-9-8-11(15)6-7-13(9)19(17,18)14-5-3-4-12(16)10(14)2/h3-8,15-16H,1-2H3. The second-order valence-electron chi connectivity index (χ2n) is 4.35. The summed E-state index contributed by atoms with van der Waals surface area (Å²) >= 11 is 0. The van der Waals surface area contributed by atoms with Gasteiger partial charge in [0.05, 0.1) is 9.79 Å². The van der Waals surface area contributed by atoms with Gasteiger partial charge >= 0.3 is 0 Å². The largest absolute Gasteiger partial charge is 0.508 e. The molecule has 0 heterocycles. The van der Waals surface area contributed by atoms with Crippen LogP contribution in [0.5, 0.6) is 11.5 Å². The van der Waals surface area contributed by atoms with Gasteiger partial charge in [-0.2, -0.15) is 0 Å². The highest BCUT2D eigenvalue weighted by Crippen LogP contribution is 2.31. The monoisotopic (exact) mass is 278 g/mol. The van der Waals surface area contributed by atoms with E-state index in [1.807, 2.05) is 0 Å². The average Bonchev–Trinajstić information content (AvgIpc) is 2.31. The van der Waals surface area contributed by atoms with Crippen LogP contribution in [-0.2, 0) is 9.84 Å². The van der Waals surface area contributed by atoms with E-state index < -0.39 is 9.84 Å². The summed E-state index contributed by atoms with van der Waals surface area (Å²) in [5, 5.41) is 19.0. The van der Waals surface area contributed by atoms with Crippen LogP contribution < -0.4 is 0 Å². The molecule has 0 saturated heterocycles. The molecule has 4 nitrogen and oxygen atoms in total. The topological polar surface area (TPSA) is 74.6 Å². The molecule has 0 spiro atoms. The molecule has 0 aliphatic carbocycles. The molecule has 0 saturated carbocycles. The van der Waals surface area contributed by atoms with Gasteiger partial charge in [-0.05, 0) is 49.7 Å². The maximum absolute atomic E-state index is 12.5. The van der Waals surface area contributed by atoms with Crippen molar-refractivity contribution < 1.29 is 18.6 Å². The van der Waals surface area contributed by atoms with Crippen LogP contribution >= 0.6 is 0 Å². The average molecular weight is 278 g/mol. The van der Waals surface area contributed by atoms with Crippen molar-refractivity contribution in [2.75, 3.05) is 0 Å². The fourth-order valence-electron chi connectivity index (χ4n) is 1.95. The third-order valence-corrected chi connectivity index (χ3v) is 5.05. The Morgan fingerprint density at radius 3 is 2.26 bits per heavy atom. The lowest BCUT2D eigenvalue weighted by Gasteiger charge is -2.11. The highest BCUT2D eigenvalue weighted by Gasteiger charge is 2.23. The summed E-state index contributed by atoms with van der Waals surface area (Å²) in [7, 11) is -3.71. The molecule has 0 unspecified atom stereocenters. The van der Waals surface area contributed by atoms with E-state index in [0.717, 1.165) is 0 Å². The molecular formula is C14H14O4S. The Morgan fingerprint density at radius 1 is 0.947 bits per heavy atom. The van der Waals surface area contributed by atoms with Gasteiger partial charge in [-0.3, -0.25) is 0 Å². The molecule has 100 valence electrons. The summed E-state index contributed by atoms with van der Waals surface area (Å²) in [6, 6.07) is 8.48. The zero-order valence-corrected chi connectivity index (χ0v) is 11.4. The Hall–Kier alpha value is -2.01. The summed E-state index contributed by atoms with van der Waals surface area (Å²) in [5.41, 5.74) is 0.776. The second kappa shape index (κ2) is 4.59. The van der Waals surface area contributed by atoms with Gasteiger partial charge in [0, 0.05) is 5.56 Å². The molecule has 0 amide bonds. The molecule has 19 heavy (non-hydrogen) atoms. The fourth-order valence-corrected chi connectivity index (χ4v) is 3.68. The van der Waals surface area contributed by atoms with Crippen molar-refractivity contribution >= 4 is 9.84 Å². The van der Waals surface area contributed by atoms with Gasteiger partial charge in [0.15, 0.2) is 0 Å². The van der Waals surface area contributed by atoms with E-state index in [0.29, 0.717) is 11.1 Å². The third-order valence-electron chi connectivity index (χ3n) is 2.99. The quantitative estimate of drug-likeness (QED) is 0.885. The number of aryl methyl sites for hydroxylation is 1. The molecule has 0 aliphatic heterocycles. The number of phenols is 2. The van der Waals surface area contributed by atoms with Crippen LogP contribution in [0.25, 0.3) is 0 Å². The van der Waals surface area contributed by atoms with Crippen LogP contribution in [0.2, 0.25) is 0 Å². The minimum Gasteiger partial charge on any atom is -0.508 e. The van der Waals surface area contributed by atoms with Crippen molar-refractivity contribution in [1.82, 2.24) is 0 Å². The lowest BCUT2D eigenvalue weighted by molar-refractivity contribution is 0.468. The van der Waals surface area contributed by atoms with Crippen molar-refractivity contribution in [2.24, 2.45) is 0 Å². The Balaban J connectivity index is 2.69. The van der Waals surface area contributed by atoms with Crippen LogP contribution in [0.1, 0.15) is 11.1 Å². The van der Waals surface area contributed by atoms with Gasteiger partial charge < -0.3 is 10.2 Å². The number of aromatic hydroxyl groups is 2. The number of hydrogen-bond acceptors (Lipinski definition) is 4. The Kier molecular flexibility index (Phi) is 3.24. The highest BCUT2D eigenvalue weighted by atomic mass is 32.2. The van der Waals surface area contributed by atoms with Crippen LogP contribution in [0, 0.1) is 13.8 Å². The van der Waals surface area contributed by atoms with Gasteiger partial charge in [0.2, 0.25) is 9.84 Å². The Morgan fingerprint density at radius 2 is 1.63 bits per heavy atom. The normalized spacial score (nSPS) is 11.5. The van der Waals surface area contributed by atoms with Gasteiger partial charge in [-0.1, -0.05) is 6.07 Å². The van der Waals surface area contributed by atoms with E-state index in [9.17, 15) is 18.6 Å². The van der Waals surface area contributed by atoms with Crippen molar-refractivity contribution in [3.8, 4) is 11.5 Å². The number of hydrogen-bond donors (Lipinski definition) is 2. The summed E-state index contributed by atoms with van der Waals surface area (Å²) in [5.74, 6) is -0.0402. The first-order valence-electron chi connectivity index (χ1n) is 5.67. The van der Waals surface area contributed by atoms with Crippen molar-refractivity contribution in [3.63, 3.8) is 0 Å². The van der Waals surface area contributed by atoms with E-state index in [1.165, 1.54) is 36.4 Å². The van der Waals surface area contributed by atoms with Crippen molar-refractivity contribution in [2.45, 2.75) is 23.6 Å². The van der Waals surface area contributed by atoms with Gasteiger partial charge in [-0.25, -0.2) is 8.42 Å². The number of phenolic OH excluding ortho intramolecular Hbond substituents is 2. The molecule has 5 heteroatoms. The van der Waals surface area contributed by atoms with Crippen LogP contribution in [0.4, 0.5) is 0 Å². The molecular weight excluding hydrogens is 264 g/mol. The number of sulfone groups is 1. The molecule has 0 aliphatic rings. The van der Waals surface area contributed by atoms with Gasteiger partial charge in [-0.15, -0.1) is 0 Å². The smallest absolute Gasteiger partial charge is 0.207 e. The predicted octanol–water partition coefficient (Wildman–Crippen LogP) is 2.55. The third kappa shape index (κ3) is 2.29. The first-order chi connectivity index (χ1) is 8.84. The van der Waals surface area contributed by atoms with E-state index in [4.69, 9.17) is 0 Å². The second-order valence-corrected chi connectivity index (χ2v) is 6.24. The van der Waals surface area contributed by atoms with Gasteiger partial charge in [0.25, 0.3) is 0 Å². The first-order valence-corrected chi connectivity index (χ1v) is 7.15. The molecule has 2 N–H and O–H groups in total. The number of rotatable bonds is 2. The minimum atomic E-state index is -3.71. The van der Waals surface area contributed by atoms with Gasteiger partial charge in [0.1, 0.15) is 11.5 Å². The summed E-state index contributed by atoms with van der Waals surface area (Å²) < 4.78 is 25.1. The lowest BCUT2D eigenvalue weighted by Crippen LogP contribution is -2.06. The molecule has 0 radical (unpaired) electrons. The van der Waals surface area contributed by atoms with E-state index in [1.54, 1.807) is 13.8 Å². The fraction of sp³-hybridized carbons (Fsp3) is 0.143. The maximum Gasteiger partial charge on any atom is 0.207 e. The Labute approximate surface area is 111 Å². The number of benzene rings is 2. The van der Waals surface area contributed by atoms with Crippen LogP contribution in [0.15, 0.2) is 46.2 Å². The molecule has 0 aromatic heterocycles. The Bertz CT molecular complexity index is 733. The molecule has 2 aromatic rings. The van der Waals surface area contributed by atoms with E-state index >= 15 is 0 Å². The van der Waals surface area contributed by atoms with Crippen molar-refractivity contribution in [1.29, 1.82) is 0 Å². The van der Waals surface area contributed by atoms with E-state index in [-0.39, 0.29) is 21.3 Å². The first kappa shape index (κ1) is 13.4. The minimum absolute atomic E-state index is 0.0177. The summed E-state index contributed by atoms with van der Waals surface area (Å²) in [4.78, 5) is 0.195.